The fourth-order valence-electron chi connectivity index (χ4n) is 2.01. The van der Waals surface area contributed by atoms with Crippen LogP contribution in [0.4, 0.5) is 0 Å². The number of rotatable bonds is 5. The van der Waals surface area contributed by atoms with Crippen LogP contribution in [0.15, 0.2) is 22.7 Å². The van der Waals surface area contributed by atoms with Crippen LogP contribution in [0.5, 0.6) is 0 Å². The molecule has 1 aromatic rings. The van der Waals surface area contributed by atoms with Crippen molar-refractivity contribution in [3.8, 4) is 0 Å². The highest BCUT2D eigenvalue weighted by Crippen LogP contribution is 2.29. The summed E-state index contributed by atoms with van der Waals surface area (Å²) in [5.41, 5.74) is 7.14. The van der Waals surface area contributed by atoms with E-state index in [4.69, 9.17) is 17.3 Å². The third kappa shape index (κ3) is 3.70. The minimum absolute atomic E-state index is 0.218. The Morgan fingerprint density at radius 2 is 1.94 bits per heavy atom. The lowest BCUT2D eigenvalue weighted by atomic mass is 9.99. The van der Waals surface area contributed by atoms with E-state index in [1.165, 1.54) is 5.56 Å². The van der Waals surface area contributed by atoms with Gasteiger partial charge in [0.15, 0.2) is 0 Å². The Morgan fingerprint density at radius 1 is 1.33 bits per heavy atom. The number of hydrogen-bond acceptors (Lipinski definition) is 2. The average molecular weight is 334 g/mol. The van der Waals surface area contributed by atoms with Gasteiger partial charge in [0.2, 0.25) is 0 Å². The quantitative estimate of drug-likeness (QED) is 0.880. The van der Waals surface area contributed by atoms with E-state index in [2.05, 4.69) is 54.7 Å². The summed E-state index contributed by atoms with van der Waals surface area (Å²) in [5, 5.41) is 0.731. The Hall–Kier alpha value is -0.0900. The normalized spacial score (nSPS) is 15.2. The summed E-state index contributed by atoms with van der Waals surface area (Å²) >= 11 is 9.50. The van der Waals surface area contributed by atoms with Crippen LogP contribution in [0, 0.1) is 5.92 Å². The molecule has 0 spiro atoms. The number of benzene rings is 1. The number of halogens is 2. The summed E-state index contributed by atoms with van der Waals surface area (Å²) < 4.78 is 0.922. The molecule has 0 heterocycles. The first-order chi connectivity index (χ1) is 8.38. The van der Waals surface area contributed by atoms with Gasteiger partial charge in [0.05, 0.1) is 5.02 Å². The number of nitrogens with zero attached hydrogens (tertiary/aromatic N) is 1. The molecule has 2 unspecified atom stereocenters. The molecule has 0 radical (unpaired) electrons. The van der Waals surface area contributed by atoms with Gasteiger partial charge in [0.25, 0.3) is 0 Å². The van der Waals surface area contributed by atoms with E-state index in [1.54, 1.807) is 0 Å². The second kappa shape index (κ2) is 6.90. The van der Waals surface area contributed by atoms with Gasteiger partial charge in [-0.2, -0.15) is 0 Å². The van der Waals surface area contributed by atoms with Crippen molar-refractivity contribution in [1.29, 1.82) is 0 Å². The molecule has 0 bridgehead atoms. The SMILES string of the molecule is CC(C)C(C)N(C)C(CN)c1ccc(Cl)c(Br)c1. The number of hydrogen-bond donors (Lipinski definition) is 1. The first kappa shape index (κ1) is 16.0. The van der Waals surface area contributed by atoms with E-state index in [-0.39, 0.29) is 6.04 Å². The summed E-state index contributed by atoms with van der Waals surface area (Å²) in [5.74, 6) is 0.597. The topological polar surface area (TPSA) is 29.3 Å². The predicted molar refractivity (Wildman–Crippen MR) is 83.0 cm³/mol. The van der Waals surface area contributed by atoms with E-state index < -0.39 is 0 Å². The van der Waals surface area contributed by atoms with Crippen molar-refractivity contribution >= 4 is 27.5 Å². The van der Waals surface area contributed by atoms with E-state index in [0.717, 1.165) is 9.50 Å². The van der Waals surface area contributed by atoms with Crippen LogP contribution in [-0.2, 0) is 0 Å². The van der Waals surface area contributed by atoms with Crippen LogP contribution in [0.1, 0.15) is 32.4 Å². The van der Waals surface area contributed by atoms with Crippen molar-refractivity contribution < 1.29 is 0 Å². The summed E-state index contributed by atoms with van der Waals surface area (Å²) in [6.07, 6.45) is 0. The summed E-state index contributed by atoms with van der Waals surface area (Å²) in [6.45, 7) is 7.29. The fourth-order valence-corrected chi connectivity index (χ4v) is 2.53. The Labute approximate surface area is 124 Å². The van der Waals surface area contributed by atoms with Crippen LogP contribution in [-0.4, -0.2) is 24.5 Å². The molecule has 2 nitrogen and oxygen atoms in total. The van der Waals surface area contributed by atoms with Crippen LogP contribution >= 0.6 is 27.5 Å². The van der Waals surface area contributed by atoms with Gasteiger partial charge in [-0.05, 0) is 53.5 Å². The molecule has 102 valence electrons. The lowest BCUT2D eigenvalue weighted by molar-refractivity contribution is 0.152. The van der Waals surface area contributed by atoms with Crippen molar-refractivity contribution in [2.24, 2.45) is 11.7 Å². The lowest BCUT2D eigenvalue weighted by Crippen LogP contribution is -2.39. The van der Waals surface area contributed by atoms with Gasteiger partial charge in [-0.15, -0.1) is 0 Å². The molecule has 18 heavy (non-hydrogen) atoms. The number of likely N-dealkylation sites (N-methyl/N-ethyl adjacent to an activating group) is 1. The molecule has 1 rings (SSSR count). The zero-order valence-corrected chi connectivity index (χ0v) is 13.8. The van der Waals surface area contributed by atoms with Crippen molar-refractivity contribution in [3.05, 3.63) is 33.3 Å². The van der Waals surface area contributed by atoms with Crippen LogP contribution in [0.25, 0.3) is 0 Å². The van der Waals surface area contributed by atoms with Crippen molar-refractivity contribution in [2.45, 2.75) is 32.9 Å². The van der Waals surface area contributed by atoms with E-state index in [1.807, 2.05) is 12.1 Å². The third-order valence-electron chi connectivity index (χ3n) is 3.65. The minimum atomic E-state index is 0.218. The van der Waals surface area contributed by atoms with Gasteiger partial charge in [-0.3, -0.25) is 4.90 Å². The molecule has 0 fully saturated rings. The molecule has 0 aliphatic carbocycles. The fraction of sp³-hybridized carbons (Fsp3) is 0.571. The second-order valence-corrected chi connectivity index (χ2v) is 6.34. The molecule has 0 saturated heterocycles. The third-order valence-corrected chi connectivity index (χ3v) is 4.86. The van der Waals surface area contributed by atoms with Crippen LogP contribution in [0.3, 0.4) is 0 Å². The van der Waals surface area contributed by atoms with E-state index in [9.17, 15) is 0 Å². The van der Waals surface area contributed by atoms with Crippen molar-refractivity contribution in [3.63, 3.8) is 0 Å². The Balaban J connectivity index is 2.98. The van der Waals surface area contributed by atoms with Gasteiger partial charge < -0.3 is 5.73 Å². The maximum atomic E-state index is 6.03. The second-order valence-electron chi connectivity index (χ2n) is 5.08. The lowest BCUT2D eigenvalue weighted by Gasteiger charge is -2.35. The summed E-state index contributed by atoms with van der Waals surface area (Å²) in [7, 11) is 2.13. The smallest absolute Gasteiger partial charge is 0.0548 e. The molecular formula is C14H22BrClN2. The van der Waals surface area contributed by atoms with Crippen molar-refractivity contribution in [2.75, 3.05) is 13.6 Å². The highest BCUT2D eigenvalue weighted by atomic mass is 79.9. The molecule has 0 aliphatic heterocycles. The highest BCUT2D eigenvalue weighted by molar-refractivity contribution is 9.10. The Kier molecular flexibility index (Phi) is 6.12. The molecule has 0 amide bonds. The average Bonchev–Trinajstić information content (AvgIpc) is 2.33. The van der Waals surface area contributed by atoms with Gasteiger partial charge >= 0.3 is 0 Å². The molecule has 0 saturated carbocycles. The molecule has 2 N–H and O–H groups in total. The monoisotopic (exact) mass is 332 g/mol. The predicted octanol–water partition coefficient (Wildman–Crippen LogP) is 4.08. The van der Waals surface area contributed by atoms with Gasteiger partial charge in [0, 0.05) is 23.1 Å². The molecular weight excluding hydrogens is 312 g/mol. The van der Waals surface area contributed by atoms with Gasteiger partial charge in [-0.25, -0.2) is 0 Å². The van der Waals surface area contributed by atoms with Gasteiger partial charge in [0.1, 0.15) is 0 Å². The first-order valence-corrected chi connectivity index (χ1v) is 7.42. The molecule has 1 aromatic carbocycles. The van der Waals surface area contributed by atoms with E-state index in [0.29, 0.717) is 18.5 Å². The molecule has 2 atom stereocenters. The summed E-state index contributed by atoms with van der Waals surface area (Å²) in [6, 6.07) is 6.72. The van der Waals surface area contributed by atoms with Crippen LogP contribution < -0.4 is 5.73 Å². The van der Waals surface area contributed by atoms with Crippen molar-refractivity contribution in [1.82, 2.24) is 4.90 Å². The molecule has 0 aliphatic rings. The first-order valence-electron chi connectivity index (χ1n) is 6.25. The maximum absolute atomic E-state index is 6.03. The zero-order valence-electron chi connectivity index (χ0n) is 11.5. The minimum Gasteiger partial charge on any atom is -0.329 e. The molecule has 0 aromatic heterocycles. The highest BCUT2D eigenvalue weighted by Gasteiger charge is 2.22. The Morgan fingerprint density at radius 3 is 2.39 bits per heavy atom. The number of nitrogens with two attached hydrogens (primary N) is 1. The zero-order chi connectivity index (χ0) is 13.9. The maximum Gasteiger partial charge on any atom is 0.0548 e. The Bertz CT molecular complexity index is 395. The van der Waals surface area contributed by atoms with Crippen LogP contribution in [0.2, 0.25) is 5.02 Å². The standard InChI is InChI=1S/C14H22BrClN2/c1-9(2)10(3)18(4)14(8-17)11-5-6-13(16)12(15)7-11/h5-7,9-10,14H,8,17H2,1-4H3. The summed E-state index contributed by atoms with van der Waals surface area (Å²) in [4.78, 5) is 2.33. The van der Waals surface area contributed by atoms with Gasteiger partial charge in [-0.1, -0.05) is 31.5 Å². The van der Waals surface area contributed by atoms with E-state index >= 15 is 0 Å². The molecule has 4 heteroatoms. The largest absolute Gasteiger partial charge is 0.329 e.